The number of carbonyl (C=O) groups excluding carboxylic acids is 1. The summed E-state index contributed by atoms with van der Waals surface area (Å²) in [6.45, 7) is 1.87. The fourth-order valence-electron chi connectivity index (χ4n) is 3.43. The van der Waals surface area contributed by atoms with E-state index < -0.39 is 0 Å². The maximum absolute atomic E-state index is 13.0. The molecule has 1 unspecified atom stereocenters. The predicted molar refractivity (Wildman–Crippen MR) is 101 cm³/mol. The van der Waals surface area contributed by atoms with E-state index in [2.05, 4.69) is 30.3 Å². The molecule has 0 aliphatic heterocycles. The molecule has 2 aromatic rings. The van der Waals surface area contributed by atoms with Gasteiger partial charge in [-0.15, -0.1) is 12.4 Å². The third kappa shape index (κ3) is 4.16. The third-order valence-corrected chi connectivity index (χ3v) is 4.65. The minimum Gasteiger partial charge on any atom is -0.341 e. The lowest BCUT2D eigenvalue weighted by atomic mass is 9.99. The lowest BCUT2D eigenvalue weighted by molar-refractivity contribution is -0.132. The van der Waals surface area contributed by atoms with Gasteiger partial charge in [-0.3, -0.25) is 4.79 Å². The molecule has 0 bridgehead atoms. The Labute approximate surface area is 150 Å². The van der Waals surface area contributed by atoms with E-state index in [9.17, 15) is 4.79 Å². The Kier molecular flexibility index (Phi) is 6.83. The van der Waals surface area contributed by atoms with Gasteiger partial charge in [-0.2, -0.15) is 0 Å². The van der Waals surface area contributed by atoms with Gasteiger partial charge in [0.15, 0.2) is 0 Å². The van der Waals surface area contributed by atoms with Crippen LogP contribution in [0, 0.1) is 0 Å². The Morgan fingerprint density at radius 2 is 1.75 bits per heavy atom. The molecule has 0 heterocycles. The summed E-state index contributed by atoms with van der Waals surface area (Å²) in [5.41, 5.74) is 9.52. The number of fused-ring (bicyclic) bond motifs is 1. The van der Waals surface area contributed by atoms with Crippen molar-refractivity contribution in [2.24, 2.45) is 5.73 Å². The standard InChI is InChI=1S/C20H24N2O.ClH/c21-13-15-22(14-12-16-6-2-1-3-7-16)20(23)19-11-10-17-8-4-5-9-18(17)19;/h1-9,19H,10-15,21H2;1H. The third-order valence-electron chi connectivity index (χ3n) is 4.65. The molecule has 0 saturated heterocycles. The molecule has 3 rings (SSSR count). The first-order chi connectivity index (χ1) is 11.3. The number of carbonyl (C=O) groups is 1. The quantitative estimate of drug-likeness (QED) is 0.874. The molecule has 0 saturated carbocycles. The van der Waals surface area contributed by atoms with Crippen molar-refractivity contribution in [1.82, 2.24) is 4.90 Å². The van der Waals surface area contributed by atoms with Crippen LogP contribution < -0.4 is 5.73 Å². The molecule has 1 aliphatic rings. The summed E-state index contributed by atoms with van der Waals surface area (Å²) in [5.74, 6) is 0.241. The van der Waals surface area contributed by atoms with E-state index in [1.54, 1.807) is 0 Å². The largest absolute Gasteiger partial charge is 0.341 e. The Balaban J connectivity index is 0.00000208. The van der Waals surface area contributed by atoms with E-state index in [0.717, 1.165) is 25.8 Å². The van der Waals surface area contributed by atoms with Crippen LogP contribution in [0.1, 0.15) is 29.0 Å². The molecule has 24 heavy (non-hydrogen) atoms. The van der Waals surface area contributed by atoms with Crippen LogP contribution in [0.25, 0.3) is 0 Å². The summed E-state index contributed by atoms with van der Waals surface area (Å²) in [4.78, 5) is 14.9. The zero-order valence-electron chi connectivity index (χ0n) is 13.9. The highest BCUT2D eigenvalue weighted by Gasteiger charge is 2.31. The second kappa shape index (κ2) is 8.86. The monoisotopic (exact) mass is 344 g/mol. The molecule has 0 spiro atoms. The highest BCUT2D eigenvalue weighted by atomic mass is 35.5. The maximum Gasteiger partial charge on any atom is 0.230 e. The molecule has 1 atom stereocenters. The van der Waals surface area contributed by atoms with E-state index in [4.69, 9.17) is 5.73 Å². The number of rotatable bonds is 6. The van der Waals surface area contributed by atoms with Gasteiger partial charge in [-0.05, 0) is 36.0 Å². The zero-order chi connectivity index (χ0) is 16.1. The fraction of sp³-hybridized carbons (Fsp3) is 0.350. The normalized spacial score (nSPS) is 15.5. The molecule has 0 radical (unpaired) electrons. The topological polar surface area (TPSA) is 46.3 Å². The second-order valence-corrected chi connectivity index (χ2v) is 6.14. The molecular weight excluding hydrogens is 320 g/mol. The predicted octanol–water partition coefficient (Wildman–Crippen LogP) is 3.17. The molecular formula is C20H25ClN2O. The number of nitrogens with zero attached hydrogens (tertiary/aromatic N) is 1. The minimum atomic E-state index is 0. The second-order valence-electron chi connectivity index (χ2n) is 6.14. The van der Waals surface area contributed by atoms with Crippen molar-refractivity contribution in [2.75, 3.05) is 19.6 Å². The first kappa shape index (κ1) is 18.5. The molecule has 0 aromatic heterocycles. The van der Waals surface area contributed by atoms with Crippen molar-refractivity contribution in [3.05, 3.63) is 71.3 Å². The number of hydrogen-bond acceptors (Lipinski definition) is 2. The van der Waals surface area contributed by atoms with Crippen molar-refractivity contribution >= 4 is 18.3 Å². The first-order valence-corrected chi connectivity index (χ1v) is 8.40. The van der Waals surface area contributed by atoms with Crippen LogP contribution in [0.15, 0.2) is 54.6 Å². The van der Waals surface area contributed by atoms with Crippen LogP contribution >= 0.6 is 12.4 Å². The SMILES string of the molecule is Cl.NCCN(CCc1ccccc1)C(=O)C1CCc2ccccc21. The maximum atomic E-state index is 13.0. The van der Waals surface area contributed by atoms with Crippen LogP contribution in [0.3, 0.4) is 0 Å². The van der Waals surface area contributed by atoms with Crippen molar-refractivity contribution in [1.29, 1.82) is 0 Å². The highest BCUT2D eigenvalue weighted by molar-refractivity contribution is 5.85. The summed E-state index contributed by atoms with van der Waals surface area (Å²) in [6.07, 6.45) is 2.80. The number of amides is 1. The van der Waals surface area contributed by atoms with Crippen molar-refractivity contribution in [3.8, 4) is 0 Å². The van der Waals surface area contributed by atoms with Crippen LogP contribution in [-0.4, -0.2) is 30.4 Å². The molecule has 1 amide bonds. The Bertz CT molecular complexity index is 660. The van der Waals surface area contributed by atoms with Gasteiger partial charge in [0.2, 0.25) is 5.91 Å². The van der Waals surface area contributed by atoms with Crippen molar-refractivity contribution < 1.29 is 4.79 Å². The average molecular weight is 345 g/mol. The van der Waals surface area contributed by atoms with E-state index in [0.29, 0.717) is 13.1 Å². The Morgan fingerprint density at radius 1 is 1.04 bits per heavy atom. The van der Waals surface area contributed by atoms with Gasteiger partial charge >= 0.3 is 0 Å². The first-order valence-electron chi connectivity index (χ1n) is 8.40. The molecule has 1 aliphatic carbocycles. The van der Waals surface area contributed by atoms with Gasteiger partial charge in [0.25, 0.3) is 0 Å². The number of hydrogen-bond donors (Lipinski definition) is 1. The summed E-state index contributed by atoms with van der Waals surface area (Å²) in [7, 11) is 0. The Hall–Kier alpha value is -1.84. The molecule has 0 fully saturated rings. The Morgan fingerprint density at radius 3 is 2.50 bits per heavy atom. The summed E-state index contributed by atoms with van der Waals surface area (Å²) in [5, 5.41) is 0. The fourth-order valence-corrected chi connectivity index (χ4v) is 3.43. The van der Waals surface area contributed by atoms with E-state index >= 15 is 0 Å². The van der Waals surface area contributed by atoms with Gasteiger partial charge in [-0.25, -0.2) is 0 Å². The van der Waals surface area contributed by atoms with E-state index in [-0.39, 0.29) is 24.2 Å². The molecule has 4 heteroatoms. The molecule has 2 aromatic carbocycles. The van der Waals surface area contributed by atoms with Gasteiger partial charge in [0.1, 0.15) is 0 Å². The number of nitrogens with two attached hydrogens (primary N) is 1. The van der Waals surface area contributed by atoms with Crippen LogP contribution in [0.2, 0.25) is 0 Å². The summed E-state index contributed by atoms with van der Waals surface area (Å²) in [6, 6.07) is 18.6. The molecule has 128 valence electrons. The highest BCUT2D eigenvalue weighted by Crippen LogP contribution is 2.34. The molecule has 2 N–H and O–H groups in total. The van der Waals surface area contributed by atoms with Crippen molar-refractivity contribution in [3.63, 3.8) is 0 Å². The van der Waals surface area contributed by atoms with Crippen LogP contribution in [0.5, 0.6) is 0 Å². The van der Waals surface area contributed by atoms with Gasteiger partial charge < -0.3 is 10.6 Å². The van der Waals surface area contributed by atoms with Gasteiger partial charge in [0.05, 0.1) is 5.92 Å². The smallest absolute Gasteiger partial charge is 0.230 e. The van der Waals surface area contributed by atoms with Gasteiger partial charge in [0, 0.05) is 19.6 Å². The zero-order valence-corrected chi connectivity index (χ0v) is 14.7. The van der Waals surface area contributed by atoms with Crippen molar-refractivity contribution in [2.45, 2.75) is 25.2 Å². The van der Waals surface area contributed by atoms with Crippen LogP contribution in [-0.2, 0) is 17.6 Å². The molecule has 3 nitrogen and oxygen atoms in total. The number of benzene rings is 2. The van der Waals surface area contributed by atoms with Crippen LogP contribution in [0.4, 0.5) is 0 Å². The lowest BCUT2D eigenvalue weighted by Gasteiger charge is -2.25. The lowest BCUT2D eigenvalue weighted by Crippen LogP contribution is -2.39. The van der Waals surface area contributed by atoms with Gasteiger partial charge in [-0.1, -0.05) is 54.6 Å². The van der Waals surface area contributed by atoms with E-state index in [1.807, 2.05) is 29.2 Å². The summed E-state index contributed by atoms with van der Waals surface area (Å²) >= 11 is 0. The van der Waals surface area contributed by atoms with E-state index in [1.165, 1.54) is 16.7 Å². The number of halogens is 1. The summed E-state index contributed by atoms with van der Waals surface area (Å²) < 4.78 is 0. The number of aryl methyl sites for hydroxylation is 1. The minimum absolute atomic E-state index is 0. The average Bonchev–Trinajstić information content (AvgIpc) is 3.03.